The fourth-order valence-electron chi connectivity index (χ4n) is 2.67. The summed E-state index contributed by atoms with van der Waals surface area (Å²) in [5, 5.41) is 0. The third-order valence-corrected chi connectivity index (χ3v) is 4.11. The summed E-state index contributed by atoms with van der Waals surface area (Å²) in [4.78, 5) is 25.5. The van der Waals surface area contributed by atoms with Gasteiger partial charge >= 0.3 is 5.97 Å². The topological polar surface area (TPSA) is 55.8 Å². The van der Waals surface area contributed by atoms with E-state index in [2.05, 4.69) is 6.92 Å². The first-order valence-corrected chi connectivity index (χ1v) is 8.41. The van der Waals surface area contributed by atoms with Gasteiger partial charge in [0.15, 0.2) is 0 Å². The number of carbonyl (C=O) groups is 2. The number of ether oxygens (including phenoxy) is 2. The van der Waals surface area contributed by atoms with Gasteiger partial charge in [-0.2, -0.15) is 0 Å². The molecular weight excluding hydrogens is 306 g/mol. The molecule has 0 bridgehead atoms. The van der Waals surface area contributed by atoms with Crippen molar-refractivity contribution in [3.63, 3.8) is 0 Å². The molecule has 1 aromatic rings. The average Bonchev–Trinajstić information content (AvgIpc) is 2.64. The molecule has 1 fully saturated rings. The van der Waals surface area contributed by atoms with Crippen molar-refractivity contribution in [2.45, 2.75) is 26.2 Å². The molecule has 2 rings (SSSR count). The molecule has 0 N–H and O–H groups in total. The molecule has 130 valence electrons. The molecule has 0 aliphatic carbocycles. The van der Waals surface area contributed by atoms with Crippen LogP contribution in [-0.2, 0) is 14.3 Å². The molecule has 0 aromatic heterocycles. The molecule has 1 heterocycles. The van der Waals surface area contributed by atoms with E-state index < -0.39 is 0 Å². The van der Waals surface area contributed by atoms with Gasteiger partial charge < -0.3 is 14.4 Å². The van der Waals surface area contributed by atoms with Crippen LogP contribution in [0.2, 0.25) is 0 Å². The summed E-state index contributed by atoms with van der Waals surface area (Å²) in [5.41, 5.74) is 0.955. The molecule has 5 nitrogen and oxygen atoms in total. The Balaban J connectivity index is 1.83. The number of nitrogens with zero attached hydrogens (tertiary/aromatic N) is 1. The molecule has 0 radical (unpaired) electrons. The highest BCUT2D eigenvalue weighted by Crippen LogP contribution is 2.19. The van der Waals surface area contributed by atoms with Crippen molar-refractivity contribution in [2.75, 3.05) is 26.8 Å². The van der Waals surface area contributed by atoms with Gasteiger partial charge in [0.05, 0.1) is 19.6 Å². The Hall–Kier alpha value is -2.30. The molecule has 0 atom stereocenters. The minimum atomic E-state index is -0.178. The van der Waals surface area contributed by atoms with Crippen LogP contribution in [0, 0.1) is 5.92 Å². The van der Waals surface area contributed by atoms with E-state index in [4.69, 9.17) is 9.47 Å². The van der Waals surface area contributed by atoms with Crippen LogP contribution in [0.25, 0.3) is 6.08 Å². The van der Waals surface area contributed by atoms with Crippen LogP contribution >= 0.6 is 0 Å². The number of rotatable bonds is 6. The quantitative estimate of drug-likeness (QED) is 0.594. The Morgan fingerprint density at radius 2 is 1.88 bits per heavy atom. The van der Waals surface area contributed by atoms with E-state index >= 15 is 0 Å². The van der Waals surface area contributed by atoms with Gasteiger partial charge in [-0.1, -0.05) is 19.1 Å². The van der Waals surface area contributed by atoms with Crippen LogP contribution in [0.4, 0.5) is 0 Å². The minimum absolute atomic E-state index is 0.0235. The van der Waals surface area contributed by atoms with Gasteiger partial charge in [-0.15, -0.1) is 0 Å². The first kappa shape index (κ1) is 18.0. The van der Waals surface area contributed by atoms with Crippen molar-refractivity contribution in [3.8, 4) is 5.75 Å². The Labute approximate surface area is 143 Å². The number of piperidine rings is 1. The summed E-state index contributed by atoms with van der Waals surface area (Å²) in [7, 11) is 1.40. The van der Waals surface area contributed by atoms with E-state index in [1.165, 1.54) is 7.11 Å². The second-order valence-corrected chi connectivity index (χ2v) is 5.87. The molecular formula is C19H25NO4. The highest BCUT2D eigenvalue weighted by Gasteiger charge is 2.26. The van der Waals surface area contributed by atoms with Gasteiger partial charge in [0.2, 0.25) is 5.91 Å². The summed E-state index contributed by atoms with van der Waals surface area (Å²) < 4.78 is 10.3. The van der Waals surface area contributed by atoms with Crippen LogP contribution in [-0.4, -0.2) is 43.6 Å². The number of benzene rings is 1. The van der Waals surface area contributed by atoms with Crippen molar-refractivity contribution in [1.29, 1.82) is 0 Å². The fraction of sp³-hybridized carbons (Fsp3) is 0.474. The number of likely N-dealkylation sites (tertiary alicyclic amines) is 1. The standard InChI is InChI=1S/C19H25NO4/c1-3-14-24-17-7-4-15(5-8-17)6-9-18(21)20-12-10-16(11-13-20)19(22)23-2/h4-9,16H,3,10-14H2,1-2H3/b9-6+. The number of hydrogen-bond acceptors (Lipinski definition) is 4. The second-order valence-electron chi connectivity index (χ2n) is 5.87. The van der Waals surface area contributed by atoms with Gasteiger partial charge in [0.1, 0.15) is 5.75 Å². The lowest BCUT2D eigenvalue weighted by atomic mass is 9.97. The molecule has 1 amide bonds. The van der Waals surface area contributed by atoms with E-state index in [1.54, 1.807) is 17.1 Å². The zero-order chi connectivity index (χ0) is 17.4. The maximum absolute atomic E-state index is 12.2. The van der Waals surface area contributed by atoms with Crippen LogP contribution in [0.5, 0.6) is 5.75 Å². The first-order chi connectivity index (χ1) is 11.6. The molecule has 1 saturated heterocycles. The Morgan fingerprint density at radius 1 is 1.21 bits per heavy atom. The van der Waals surface area contributed by atoms with Crippen molar-refractivity contribution >= 4 is 18.0 Å². The van der Waals surface area contributed by atoms with Gasteiger partial charge in [0.25, 0.3) is 0 Å². The lowest BCUT2D eigenvalue weighted by molar-refractivity contribution is -0.148. The summed E-state index contributed by atoms with van der Waals surface area (Å²) in [6.07, 6.45) is 5.69. The Morgan fingerprint density at radius 3 is 2.46 bits per heavy atom. The van der Waals surface area contributed by atoms with Crippen molar-refractivity contribution in [2.24, 2.45) is 5.92 Å². The average molecular weight is 331 g/mol. The minimum Gasteiger partial charge on any atom is -0.494 e. The highest BCUT2D eigenvalue weighted by molar-refractivity contribution is 5.92. The Kier molecular flexibility index (Phi) is 6.85. The molecule has 0 unspecified atom stereocenters. The van der Waals surface area contributed by atoms with Crippen LogP contribution in [0.3, 0.4) is 0 Å². The number of carbonyl (C=O) groups excluding carboxylic acids is 2. The summed E-state index contributed by atoms with van der Waals surface area (Å²) in [6.45, 7) is 3.95. The summed E-state index contributed by atoms with van der Waals surface area (Å²) >= 11 is 0. The van der Waals surface area contributed by atoms with Crippen LogP contribution < -0.4 is 4.74 Å². The first-order valence-electron chi connectivity index (χ1n) is 8.41. The number of esters is 1. The predicted molar refractivity (Wildman–Crippen MR) is 92.6 cm³/mol. The second kappa shape index (κ2) is 9.11. The molecule has 5 heteroatoms. The van der Waals surface area contributed by atoms with Gasteiger partial charge in [-0.25, -0.2) is 0 Å². The molecule has 0 spiro atoms. The molecule has 1 aromatic carbocycles. The SMILES string of the molecule is CCCOc1ccc(/C=C/C(=O)N2CCC(C(=O)OC)CC2)cc1. The third-order valence-electron chi connectivity index (χ3n) is 4.11. The predicted octanol–water partition coefficient (Wildman–Crippen LogP) is 2.90. The number of hydrogen-bond donors (Lipinski definition) is 0. The van der Waals surface area contributed by atoms with Crippen molar-refractivity contribution < 1.29 is 19.1 Å². The number of amides is 1. The fourth-order valence-corrected chi connectivity index (χ4v) is 2.67. The van der Waals surface area contributed by atoms with Gasteiger partial charge in [0, 0.05) is 19.2 Å². The largest absolute Gasteiger partial charge is 0.494 e. The highest BCUT2D eigenvalue weighted by atomic mass is 16.5. The van der Waals surface area contributed by atoms with Crippen LogP contribution in [0.15, 0.2) is 30.3 Å². The van der Waals surface area contributed by atoms with Crippen molar-refractivity contribution in [1.82, 2.24) is 4.90 Å². The summed E-state index contributed by atoms with van der Waals surface area (Å²) in [6, 6.07) is 7.67. The molecule has 1 aliphatic rings. The number of methoxy groups -OCH3 is 1. The maximum Gasteiger partial charge on any atom is 0.308 e. The van der Waals surface area contributed by atoms with E-state index in [0.717, 1.165) is 17.7 Å². The van der Waals surface area contributed by atoms with Crippen LogP contribution in [0.1, 0.15) is 31.7 Å². The maximum atomic E-state index is 12.2. The summed E-state index contributed by atoms with van der Waals surface area (Å²) in [5.74, 6) is 0.552. The van der Waals surface area contributed by atoms with E-state index in [1.807, 2.05) is 24.3 Å². The Bertz CT molecular complexity index is 572. The normalized spacial score (nSPS) is 15.5. The molecule has 1 aliphatic heterocycles. The van der Waals surface area contributed by atoms with Crippen molar-refractivity contribution in [3.05, 3.63) is 35.9 Å². The van der Waals surface area contributed by atoms with E-state index in [0.29, 0.717) is 32.5 Å². The molecule has 24 heavy (non-hydrogen) atoms. The smallest absolute Gasteiger partial charge is 0.308 e. The van der Waals surface area contributed by atoms with Gasteiger partial charge in [-0.3, -0.25) is 9.59 Å². The van der Waals surface area contributed by atoms with E-state index in [9.17, 15) is 9.59 Å². The third kappa shape index (κ3) is 5.11. The van der Waals surface area contributed by atoms with Gasteiger partial charge in [-0.05, 0) is 43.0 Å². The monoisotopic (exact) mass is 331 g/mol. The molecule has 0 saturated carbocycles. The zero-order valence-electron chi connectivity index (χ0n) is 14.4. The lowest BCUT2D eigenvalue weighted by Gasteiger charge is -2.29. The van der Waals surface area contributed by atoms with E-state index in [-0.39, 0.29) is 17.8 Å². The zero-order valence-corrected chi connectivity index (χ0v) is 14.4. The lowest BCUT2D eigenvalue weighted by Crippen LogP contribution is -2.39.